The summed E-state index contributed by atoms with van der Waals surface area (Å²) in [6, 6.07) is 6.60. The molecule has 1 N–H and O–H groups in total. The predicted molar refractivity (Wildman–Crippen MR) is 90.3 cm³/mol. The van der Waals surface area contributed by atoms with Crippen LogP contribution in [0.1, 0.15) is 13.8 Å². The van der Waals surface area contributed by atoms with E-state index in [2.05, 4.69) is 11.9 Å². The zero-order valence-corrected chi connectivity index (χ0v) is 13.8. The molecule has 0 saturated carbocycles. The van der Waals surface area contributed by atoms with Crippen LogP contribution in [0, 0.1) is 0 Å². The molecule has 2 rings (SSSR count). The molecule has 0 aromatic heterocycles. The van der Waals surface area contributed by atoms with Gasteiger partial charge in [0.1, 0.15) is 5.75 Å². The monoisotopic (exact) mass is 333 g/mol. The van der Waals surface area contributed by atoms with Crippen LogP contribution in [0.5, 0.6) is 11.5 Å². The minimum Gasteiger partial charge on any atom is -0.426 e. The van der Waals surface area contributed by atoms with E-state index in [9.17, 15) is 9.59 Å². The van der Waals surface area contributed by atoms with Gasteiger partial charge in [0.05, 0.1) is 5.69 Å². The van der Waals surface area contributed by atoms with Crippen LogP contribution in [0.2, 0.25) is 5.02 Å². The number of anilines is 1. The first-order valence-electron chi connectivity index (χ1n) is 6.83. The second-order valence-electron chi connectivity index (χ2n) is 4.95. The molecule has 2 aromatic carbocycles. The van der Waals surface area contributed by atoms with Crippen LogP contribution in [-0.2, 0) is 9.59 Å². The van der Waals surface area contributed by atoms with Crippen LogP contribution >= 0.6 is 11.6 Å². The van der Waals surface area contributed by atoms with Gasteiger partial charge in [0, 0.05) is 41.4 Å². The second-order valence-corrected chi connectivity index (χ2v) is 5.39. The lowest BCUT2D eigenvalue weighted by Crippen LogP contribution is -2.11. The molecule has 2 aromatic rings. The highest BCUT2D eigenvalue weighted by Crippen LogP contribution is 2.41. The van der Waals surface area contributed by atoms with Crippen molar-refractivity contribution in [2.75, 3.05) is 12.4 Å². The van der Waals surface area contributed by atoms with Gasteiger partial charge in [-0.1, -0.05) is 18.2 Å². The van der Waals surface area contributed by atoms with Gasteiger partial charge in [0.15, 0.2) is 5.75 Å². The van der Waals surface area contributed by atoms with E-state index in [-0.39, 0.29) is 5.57 Å². The number of esters is 2. The first kappa shape index (κ1) is 16.8. The van der Waals surface area contributed by atoms with Crippen molar-refractivity contribution < 1.29 is 19.1 Å². The van der Waals surface area contributed by atoms with Crippen molar-refractivity contribution in [2.24, 2.45) is 0 Å². The maximum atomic E-state index is 11.9. The van der Waals surface area contributed by atoms with E-state index in [0.29, 0.717) is 33.0 Å². The summed E-state index contributed by atoms with van der Waals surface area (Å²) >= 11 is 6.03. The molecule has 5 nitrogen and oxygen atoms in total. The lowest BCUT2D eigenvalue weighted by molar-refractivity contribution is -0.132. The number of benzene rings is 2. The highest BCUT2D eigenvalue weighted by Gasteiger charge is 2.18. The lowest BCUT2D eigenvalue weighted by Gasteiger charge is -2.16. The zero-order chi connectivity index (χ0) is 17.1. The Morgan fingerprint density at radius 1 is 1.13 bits per heavy atom. The molecule has 6 heteroatoms. The Hall–Kier alpha value is -2.53. The topological polar surface area (TPSA) is 64.6 Å². The Morgan fingerprint density at radius 3 is 2.39 bits per heavy atom. The molecule has 120 valence electrons. The second kappa shape index (κ2) is 6.71. The van der Waals surface area contributed by atoms with Crippen molar-refractivity contribution in [3.05, 3.63) is 41.4 Å². The maximum Gasteiger partial charge on any atom is 0.338 e. The number of nitrogens with one attached hydrogen (secondary N) is 1. The number of halogens is 1. The molecule has 0 amide bonds. The van der Waals surface area contributed by atoms with Crippen molar-refractivity contribution in [3.63, 3.8) is 0 Å². The van der Waals surface area contributed by atoms with E-state index < -0.39 is 11.9 Å². The van der Waals surface area contributed by atoms with Crippen molar-refractivity contribution >= 4 is 40.0 Å². The number of rotatable bonds is 4. The number of fused-ring (bicyclic) bond motifs is 1. The van der Waals surface area contributed by atoms with E-state index in [0.717, 1.165) is 0 Å². The normalized spacial score (nSPS) is 10.3. The van der Waals surface area contributed by atoms with Gasteiger partial charge in [-0.25, -0.2) is 4.79 Å². The SMILES string of the molecule is C=C(C)C(=O)Oc1c(NC)cc(OC(C)=O)c2cc(Cl)ccc12. The molecular formula is C17H16ClNO4. The first-order chi connectivity index (χ1) is 10.8. The van der Waals surface area contributed by atoms with Crippen LogP contribution in [0.3, 0.4) is 0 Å². The third-order valence-electron chi connectivity index (χ3n) is 3.08. The molecule has 0 aliphatic rings. The van der Waals surface area contributed by atoms with Gasteiger partial charge < -0.3 is 14.8 Å². The fourth-order valence-electron chi connectivity index (χ4n) is 2.05. The number of hydrogen-bond donors (Lipinski definition) is 1. The molecule has 0 bridgehead atoms. The van der Waals surface area contributed by atoms with Gasteiger partial charge in [0.2, 0.25) is 0 Å². The first-order valence-corrected chi connectivity index (χ1v) is 7.21. The van der Waals surface area contributed by atoms with Gasteiger partial charge in [-0.15, -0.1) is 0 Å². The average molecular weight is 334 g/mol. The highest BCUT2D eigenvalue weighted by molar-refractivity contribution is 6.31. The minimum absolute atomic E-state index is 0.276. The van der Waals surface area contributed by atoms with E-state index in [1.165, 1.54) is 6.92 Å². The summed E-state index contributed by atoms with van der Waals surface area (Å²) in [6.07, 6.45) is 0. The van der Waals surface area contributed by atoms with Crippen molar-refractivity contribution in [2.45, 2.75) is 13.8 Å². The molecular weight excluding hydrogens is 318 g/mol. The Balaban J connectivity index is 2.73. The summed E-state index contributed by atoms with van der Waals surface area (Å²) in [7, 11) is 1.67. The van der Waals surface area contributed by atoms with Gasteiger partial charge in [-0.2, -0.15) is 0 Å². The molecule has 0 atom stereocenters. The quantitative estimate of drug-likeness (QED) is 0.521. The van der Waals surface area contributed by atoms with Crippen molar-refractivity contribution in [3.8, 4) is 11.5 Å². The van der Waals surface area contributed by atoms with Gasteiger partial charge in [-0.05, 0) is 25.1 Å². The van der Waals surface area contributed by atoms with Crippen LogP contribution in [0.25, 0.3) is 10.8 Å². The molecule has 23 heavy (non-hydrogen) atoms. The summed E-state index contributed by atoms with van der Waals surface area (Å²) in [5, 5.41) is 4.56. The van der Waals surface area contributed by atoms with E-state index >= 15 is 0 Å². The summed E-state index contributed by atoms with van der Waals surface area (Å²) in [5.41, 5.74) is 0.781. The summed E-state index contributed by atoms with van der Waals surface area (Å²) in [6.45, 7) is 6.45. The molecule has 0 heterocycles. The number of carbonyl (C=O) groups excluding carboxylic acids is 2. The summed E-state index contributed by atoms with van der Waals surface area (Å²) in [4.78, 5) is 23.2. The fraction of sp³-hybridized carbons (Fsp3) is 0.176. The Labute approximate surface area is 138 Å². The average Bonchev–Trinajstić information content (AvgIpc) is 2.48. The van der Waals surface area contributed by atoms with E-state index in [1.807, 2.05) is 0 Å². The molecule has 0 radical (unpaired) electrons. The highest BCUT2D eigenvalue weighted by atomic mass is 35.5. The largest absolute Gasteiger partial charge is 0.426 e. The van der Waals surface area contributed by atoms with Crippen LogP contribution in [0.4, 0.5) is 5.69 Å². The standard InChI is InChI=1S/C17H16ClNO4/c1-9(2)17(21)23-16-12-6-5-11(18)7-13(12)15(22-10(3)20)8-14(16)19-4/h5-8,19H,1H2,2-4H3. The van der Waals surface area contributed by atoms with Crippen molar-refractivity contribution in [1.29, 1.82) is 0 Å². The number of ether oxygens (including phenoxy) is 2. The summed E-state index contributed by atoms with van der Waals surface area (Å²) < 4.78 is 10.7. The van der Waals surface area contributed by atoms with Crippen LogP contribution in [0.15, 0.2) is 36.4 Å². The third kappa shape index (κ3) is 3.63. The molecule has 0 saturated heterocycles. The Kier molecular flexibility index (Phi) is 4.91. The van der Waals surface area contributed by atoms with Crippen LogP contribution < -0.4 is 14.8 Å². The third-order valence-corrected chi connectivity index (χ3v) is 3.31. The zero-order valence-electron chi connectivity index (χ0n) is 13.0. The fourth-order valence-corrected chi connectivity index (χ4v) is 2.22. The maximum absolute atomic E-state index is 11.9. The smallest absolute Gasteiger partial charge is 0.338 e. The Bertz CT molecular complexity index is 814. The van der Waals surface area contributed by atoms with E-state index in [4.69, 9.17) is 21.1 Å². The van der Waals surface area contributed by atoms with Crippen molar-refractivity contribution in [1.82, 2.24) is 0 Å². The molecule has 0 spiro atoms. The minimum atomic E-state index is -0.544. The molecule has 0 aliphatic carbocycles. The Morgan fingerprint density at radius 2 is 1.83 bits per heavy atom. The van der Waals surface area contributed by atoms with Gasteiger partial charge >= 0.3 is 11.9 Å². The van der Waals surface area contributed by atoms with Gasteiger partial charge in [-0.3, -0.25) is 4.79 Å². The molecule has 0 unspecified atom stereocenters. The molecule has 0 fully saturated rings. The lowest BCUT2D eigenvalue weighted by atomic mass is 10.1. The number of hydrogen-bond acceptors (Lipinski definition) is 5. The van der Waals surface area contributed by atoms with Crippen LogP contribution in [-0.4, -0.2) is 19.0 Å². The molecule has 0 aliphatic heterocycles. The summed E-state index contributed by atoms with van der Waals surface area (Å²) in [5.74, 6) is -0.351. The predicted octanol–water partition coefficient (Wildman–Crippen LogP) is 3.94. The van der Waals surface area contributed by atoms with E-state index in [1.54, 1.807) is 38.2 Å². The number of carbonyl (C=O) groups is 2. The van der Waals surface area contributed by atoms with Gasteiger partial charge in [0.25, 0.3) is 0 Å².